The Morgan fingerprint density at radius 2 is 2.26 bits per heavy atom. The van der Waals surface area contributed by atoms with Gasteiger partial charge in [-0.25, -0.2) is 4.98 Å². The maximum atomic E-state index is 10.0. The van der Waals surface area contributed by atoms with Crippen LogP contribution in [0, 0.1) is 17.0 Å². The zero-order valence-electron chi connectivity index (χ0n) is 11.1. The maximum absolute atomic E-state index is 10.0. The lowest BCUT2D eigenvalue weighted by atomic mass is 10.3. The van der Waals surface area contributed by atoms with Gasteiger partial charge in [0.2, 0.25) is 0 Å². The monoisotopic (exact) mass is 284 g/mol. The van der Waals surface area contributed by atoms with Gasteiger partial charge >= 0.3 is 0 Å². The highest BCUT2D eigenvalue weighted by atomic mass is 32.1. The van der Waals surface area contributed by atoms with Crippen LogP contribution in [0.1, 0.15) is 24.4 Å². The first-order chi connectivity index (χ1) is 9.16. The number of aromatic nitrogens is 1. The Morgan fingerprint density at radius 3 is 2.84 bits per heavy atom. The minimum atomic E-state index is -0.788. The summed E-state index contributed by atoms with van der Waals surface area (Å²) >= 11 is 1.46. The van der Waals surface area contributed by atoms with Crippen LogP contribution in [-0.4, -0.2) is 16.7 Å². The number of rotatable bonds is 5. The Labute approximate surface area is 115 Å². The maximum Gasteiger partial charge on any atom is 0.294 e. The Kier molecular flexibility index (Phi) is 6.01. The molecule has 0 aliphatic heterocycles. The highest BCUT2D eigenvalue weighted by Crippen LogP contribution is 2.28. The molecular weight excluding hydrogens is 268 g/mol. The van der Waals surface area contributed by atoms with E-state index in [4.69, 9.17) is 4.42 Å². The molecule has 6 nitrogen and oxygen atoms in total. The third-order valence-corrected chi connectivity index (χ3v) is 3.38. The summed E-state index contributed by atoms with van der Waals surface area (Å²) in [7, 11) is 0. The molecule has 0 aromatic carbocycles. The first-order valence-corrected chi connectivity index (χ1v) is 6.76. The predicted molar refractivity (Wildman–Crippen MR) is 72.6 cm³/mol. The number of thiazole rings is 1. The van der Waals surface area contributed by atoms with Gasteiger partial charge in [0, 0.05) is 11.3 Å². The number of hydrogen-bond acceptors (Lipinski definition) is 6. The van der Waals surface area contributed by atoms with Gasteiger partial charge in [-0.3, -0.25) is 0 Å². The lowest BCUT2D eigenvalue weighted by Gasteiger charge is -1.96. The summed E-state index contributed by atoms with van der Waals surface area (Å²) in [5, 5.41) is 10.0. The molecule has 2 rings (SSSR count). The summed E-state index contributed by atoms with van der Waals surface area (Å²) in [6, 6.07) is 3.62. The molecule has 0 saturated carbocycles. The molecule has 0 atom stereocenters. The van der Waals surface area contributed by atoms with Crippen molar-refractivity contribution in [1.29, 1.82) is 0 Å². The van der Waals surface area contributed by atoms with Crippen molar-refractivity contribution in [2.45, 2.75) is 27.2 Å². The summed E-state index contributed by atoms with van der Waals surface area (Å²) in [5.41, 5.74) is 0.855. The van der Waals surface area contributed by atoms with Gasteiger partial charge in [-0.2, -0.15) is 0 Å². The molecule has 19 heavy (non-hydrogen) atoms. The third-order valence-electron chi connectivity index (χ3n) is 2.15. The van der Waals surface area contributed by atoms with Crippen molar-refractivity contribution in [3.8, 4) is 10.8 Å². The molecule has 0 unspecified atom stereocenters. The van der Waals surface area contributed by atoms with E-state index in [1.54, 1.807) is 12.3 Å². The van der Waals surface area contributed by atoms with E-state index in [2.05, 4.69) is 9.82 Å². The number of nitrogens with zero attached hydrogens (tertiary/aromatic N) is 2. The second kappa shape index (κ2) is 7.52. The summed E-state index contributed by atoms with van der Waals surface area (Å²) < 4.78 is 5.24. The summed E-state index contributed by atoms with van der Waals surface area (Å²) in [6.07, 6.45) is 2.06. The molecule has 0 radical (unpaired) electrons. The lowest BCUT2D eigenvalue weighted by molar-refractivity contribution is -0.757. The predicted octanol–water partition coefficient (Wildman–Crippen LogP) is 3.49. The van der Waals surface area contributed by atoms with Gasteiger partial charge < -0.3 is 9.25 Å². The molecule has 104 valence electrons. The molecule has 7 heteroatoms. The van der Waals surface area contributed by atoms with Crippen molar-refractivity contribution in [2.75, 3.05) is 6.61 Å². The van der Waals surface area contributed by atoms with Crippen LogP contribution in [0.15, 0.2) is 22.8 Å². The van der Waals surface area contributed by atoms with Crippen LogP contribution in [0.3, 0.4) is 0 Å². The first-order valence-electron chi connectivity index (χ1n) is 5.94. The molecule has 0 N–H and O–H groups in total. The Morgan fingerprint density at radius 1 is 1.53 bits per heavy atom. The van der Waals surface area contributed by atoms with E-state index < -0.39 is 5.09 Å². The van der Waals surface area contributed by atoms with Gasteiger partial charge in [-0.15, -0.1) is 21.5 Å². The van der Waals surface area contributed by atoms with Gasteiger partial charge in [-0.1, -0.05) is 13.8 Å². The minimum Gasteiger partial charge on any atom is -0.462 e. The van der Waals surface area contributed by atoms with E-state index in [0.717, 1.165) is 15.6 Å². The van der Waals surface area contributed by atoms with Gasteiger partial charge in [-0.05, 0) is 19.1 Å². The molecule has 0 aliphatic carbocycles. The van der Waals surface area contributed by atoms with Crippen LogP contribution in [0.4, 0.5) is 0 Å². The highest BCUT2D eigenvalue weighted by Gasteiger charge is 2.11. The second-order valence-electron chi connectivity index (χ2n) is 3.31. The molecule has 0 fully saturated rings. The number of furan rings is 1. The van der Waals surface area contributed by atoms with Gasteiger partial charge in [0.15, 0.2) is 10.8 Å². The van der Waals surface area contributed by atoms with Gasteiger partial charge in [0.1, 0.15) is 6.61 Å². The first kappa shape index (κ1) is 15.2. The van der Waals surface area contributed by atoms with Crippen LogP contribution in [-0.2, 0) is 11.3 Å². The van der Waals surface area contributed by atoms with E-state index in [0.29, 0.717) is 12.2 Å². The standard InChI is InChI=1S/C10H10N2O4S.C2H6/c1-7-9(4-6-16-12(13)14)17-10(11-7)8-3-2-5-15-8;1-2/h2-3,5H,4,6H2,1H3;1-2H3. The molecular formula is C12H16N2O4S. The van der Waals surface area contributed by atoms with Crippen molar-refractivity contribution in [3.63, 3.8) is 0 Å². The number of hydrogen-bond donors (Lipinski definition) is 0. The normalized spacial score (nSPS) is 9.63. The molecule has 0 amide bonds. The molecule has 0 spiro atoms. The summed E-state index contributed by atoms with van der Waals surface area (Å²) in [5.74, 6) is 0.708. The average Bonchev–Trinajstić information content (AvgIpc) is 3.01. The largest absolute Gasteiger partial charge is 0.462 e. The van der Waals surface area contributed by atoms with E-state index in [1.165, 1.54) is 11.3 Å². The topological polar surface area (TPSA) is 78.4 Å². The Hall–Kier alpha value is -1.89. The van der Waals surface area contributed by atoms with E-state index in [1.807, 2.05) is 26.8 Å². The molecule has 0 saturated heterocycles. The molecule has 0 bridgehead atoms. The van der Waals surface area contributed by atoms with Crippen LogP contribution in [0.25, 0.3) is 10.8 Å². The van der Waals surface area contributed by atoms with Crippen molar-refractivity contribution in [2.24, 2.45) is 0 Å². The quantitative estimate of drug-likeness (QED) is 0.620. The molecule has 2 heterocycles. The van der Waals surface area contributed by atoms with E-state index in [9.17, 15) is 10.1 Å². The Bertz CT molecular complexity index is 508. The molecule has 2 aromatic rings. The van der Waals surface area contributed by atoms with Crippen LogP contribution in [0.5, 0.6) is 0 Å². The zero-order valence-corrected chi connectivity index (χ0v) is 11.9. The fourth-order valence-corrected chi connectivity index (χ4v) is 2.39. The van der Waals surface area contributed by atoms with Crippen molar-refractivity contribution in [3.05, 3.63) is 39.1 Å². The van der Waals surface area contributed by atoms with Crippen molar-refractivity contribution < 1.29 is 14.3 Å². The van der Waals surface area contributed by atoms with E-state index >= 15 is 0 Å². The second-order valence-corrected chi connectivity index (χ2v) is 4.40. The number of aryl methyl sites for hydroxylation is 1. The molecule has 2 aromatic heterocycles. The van der Waals surface area contributed by atoms with Gasteiger partial charge in [0.05, 0.1) is 12.0 Å². The van der Waals surface area contributed by atoms with Crippen LogP contribution >= 0.6 is 11.3 Å². The Balaban J connectivity index is 0.000000861. The zero-order chi connectivity index (χ0) is 14.3. The minimum absolute atomic E-state index is 0.0492. The molecule has 0 aliphatic rings. The van der Waals surface area contributed by atoms with Gasteiger partial charge in [0.25, 0.3) is 5.09 Å². The summed E-state index contributed by atoms with van der Waals surface area (Å²) in [6.45, 7) is 5.91. The SMILES string of the molecule is CC.Cc1nc(-c2ccco2)sc1CCO[N+](=O)[O-]. The van der Waals surface area contributed by atoms with Crippen LogP contribution < -0.4 is 0 Å². The van der Waals surface area contributed by atoms with E-state index in [-0.39, 0.29) is 6.61 Å². The average molecular weight is 284 g/mol. The summed E-state index contributed by atoms with van der Waals surface area (Å²) in [4.78, 5) is 19.6. The van der Waals surface area contributed by atoms with Crippen molar-refractivity contribution >= 4 is 11.3 Å². The highest BCUT2D eigenvalue weighted by molar-refractivity contribution is 7.15. The smallest absolute Gasteiger partial charge is 0.294 e. The van der Waals surface area contributed by atoms with Crippen LogP contribution in [0.2, 0.25) is 0 Å². The van der Waals surface area contributed by atoms with Crippen molar-refractivity contribution in [1.82, 2.24) is 4.98 Å². The fourth-order valence-electron chi connectivity index (χ4n) is 1.38. The third kappa shape index (κ3) is 4.36. The lowest BCUT2D eigenvalue weighted by Crippen LogP contribution is -2.04. The fraction of sp³-hybridized carbons (Fsp3) is 0.417.